The first kappa shape index (κ1) is 26.7. The number of nitrogens with zero attached hydrogens (tertiary/aromatic N) is 1. The molecule has 0 unspecified atom stereocenters. The van der Waals surface area contributed by atoms with E-state index in [1.807, 2.05) is 0 Å². The molecular weight excluding hydrogens is 426 g/mol. The van der Waals surface area contributed by atoms with Crippen molar-refractivity contribution in [1.29, 1.82) is 0 Å². The van der Waals surface area contributed by atoms with Gasteiger partial charge in [-0.15, -0.1) is 0 Å². The molecule has 3 rings (SSSR count). The highest BCUT2D eigenvalue weighted by atomic mass is 28.3. The lowest BCUT2D eigenvalue weighted by Crippen LogP contribution is -2.49. The predicted octanol–water partition coefficient (Wildman–Crippen LogP) is 8.34. The van der Waals surface area contributed by atoms with E-state index in [4.69, 9.17) is 0 Å². The minimum atomic E-state index is -1.51. The van der Waals surface area contributed by atoms with E-state index >= 15 is 0 Å². The van der Waals surface area contributed by atoms with E-state index in [1.165, 1.54) is 50.8 Å². The number of aromatic nitrogens is 1. The molecule has 184 valence electrons. The van der Waals surface area contributed by atoms with E-state index in [9.17, 15) is 0 Å². The summed E-state index contributed by atoms with van der Waals surface area (Å²) >= 11 is 0. The van der Waals surface area contributed by atoms with Gasteiger partial charge in [-0.2, -0.15) is 0 Å². The molecule has 34 heavy (non-hydrogen) atoms. The van der Waals surface area contributed by atoms with Crippen LogP contribution in [0.1, 0.15) is 85.9 Å². The molecule has 0 radical (unpaired) electrons. The summed E-state index contributed by atoms with van der Waals surface area (Å²) < 4.78 is 2.33. The molecule has 0 amide bonds. The van der Waals surface area contributed by atoms with Gasteiger partial charge in [0.2, 0.25) is 5.69 Å². The van der Waals surface area contributed by atoms with Gasteiger partial charge in [-0.05, 0) is 57.5 Å². The average molecular weight is 475 g/mol. The fraction of sp³-hybridized carbons (Fsp3) is 0.531. The van der Waals surface area contributed by atoms with Gasteiger partial charge in [-0.25, -0.2) is 4.57 Å². The molecule has 0 bridgehead atoms. The van der Waals surface area contributed by atoms with Crippen LogP contribution in [0.3, 0.4) is 0 Å². The molecule has 0 atom stereocenters. The van der Waals surface area contributed by atoms with Gasteiger partial charge in [-0.1, -0.05) is 105 Å². The van der Waals surface area contributed by atoms with Crippen LogP contribution in [0.5, 0.6) is 0 Å². The lowest BCUT2D eigenvalue weighted by atomic mass is 9.76. The minimum absolute atomic E-state index is 0.0984. The fourth-order valence-corrected chi connectivity index (χ4v) is 10.5. The fourth-order valence-electron chi connectivity index (χ4n) is 6.00. The third-order valence-electron chi connectivity index (χ3n) is 8.42. The van der Waals surface area contributed by atoms with Crippen LogP contribution in [0.4, 0.5) is 0 Å². The molecule has 1 aromatic heterocycles. The number of aryl methyl sites for hydroxylation is 1. The van der Waals surface area contributed by atoms with Gasteiger partial charge in [-0.3, -0.25) is 0 Å². The van der Waals surface area contributed by atoms with Crippen LogP contribution in [0.15, 0.2) is 42.6 Å². The number of hydrogen-bond donors (Lipinski definition) is 0. The zero-order chi connectivity index (χ0) is 25.6. The van der Waals surface area contributed by atoms with Crippen molar-refractivity contribution < 1.29 is 4.57 Å². The summed E-state index contributed by atoms with van der Waals surface area (Å²) in [5.74, 6) is 0. The summed E-state index contributed by atoms with van der Waals surface area (Å²) in [4.78, 5) is 0. The summed E-state index contributed by atoms with van der Waals surface area (Å²) in [6, 6.07) is 17.3. The van der Waals surface area contributed by atoms with Crippen LogP contribution >= 0.6 is 0 Å². The maximum Gasteiger partial charge on any atom is 0.220 e. The second kappa shape index (κ2) is 9.26. The average Bonchev–Trinajstić information content (AvgIpc) is 2.73. The Morgan fingerprint density at radius 2 is 1.47 bits per heavy atom. The van der Waals surface area contributed by atoms with Crippen LogP contribution in [0.25, 0.3) is 22.0 Å². The minimum Gasteiger partial charge on any atom is -0.200 e. The molecule has 0 spiro atoms. The monoisotopic (exact) mass is 474 g/mol. The topological polar surface area (TPSA) is 3.88 Å². The Kier molecular flexibility index (Phi) is 7.26. The van der Waals surface area contributed by atoms with Gasteiger partial charge in [0.1, 0.15) is 7.05 Å². The molecule has 2 heteroatoms. The zero-order valence-electron chi connectivity index (χ0n) is 24.0. The molecule has 3 aromatic rings. The summed E-state index contributed by atoms with van der Waals surface area (Å²) in [6.45, 7) is 26.0. The van der Waals surface area contributed by atoms with Crippen LogP contribution in [-0.4, -0.2) is 8.07 Å². The summed E-state index contributed by atoms with van der Waals surface area (Å²) in [5.41, 5.74) is 7.92. The third kappa shape index (κ3) is 4.63. The molecule has 1 nitrogen and oxygen atoms in total. The molecule has 0 aliphatic rings. The molecule has 0 aliphatic heterocycles. The van der Waals surface area contributed by atoms with Crippen molar-refractivity contribution in [1.82, 2.24) is 0 Å². The van der Waals surface area contributed by atoms with E-state index in [0.29, 0.717) is 0 Å². The lowest BCUT2D eigenvalue weighted by molar-refractivity contribution is -0.659. The van der Waals surface area contributed by atoms with Crippen molar-refractivity contribution in [3.05, 3.63) is 59.3 Å². The normalized spacial score (nSPS) is 13.2. The Bertz CT molecular complexity index is 1180. The SMILES string of the molecule is CC[Si](CC)(c1ccc2c(-c3cc(C(C)(C)C)cc(C(C)(C)C)c3C)[n+](C)ccc2c1)C(C)C. The van der Waals surface area contributed by atoms with Crippen molar-refractivity contribution in [2.45, 2.75) is 105 Å². The highest BCUT2D eigenvalue weighted by Crippen LogP contribution is 2.38. The first-order chi connectivity index (χ1) is 15.7. The van der Waals surface area contributed by atoms with Gasteiger partial charge >= 0.3 is 0 Å². The maximum absolute atomic E-state index is 2.53. The zero-order valence-corrected chi connectivity index (χ0v) is 25.0. The van der Waals surface area contributed by atoms with Crippen molar-refractivity contribution >= 4 is 24.0 Å². The first-order valence-corrected chi connectivity index (χ1v) is 15.8. The molecule has 2 aromatic carbocycles. The number of hydrogen-bond acceptors (Lipinski definition) is 0. The second-order valence-electron chi connectivity index (χ2n) is 12.8. The molecule has 0 saturated heterocycles. The Morgan fingerprint density at radius 1 is 0.853 bits per heavy atom. The third-order valence-corrected chi connectivity index (χ3v) is 14.6. The van der Waals surface area contributed by atoms with E-state index in [0.717, 1.165) is 5.54 Å². The molecule has 1 heterocycles. The van der Waals surface area contributed by atoms with Crippen LogP contribution < -0.4 is 9.75 Å². The van der Waals surface area contributed by atoms with Crippen molar-refractivity contribution in [2.75, 3.05) is 0 Å². The Labute approximate surface area is 210 Å². The summed E-state index contributed by atoms with van der Waals surface area (Å²) in [5, 5.41) is 4.36. The smallest absolute Gasteiger partial charge is 0.200 e. The number of pyridine rings is 1. The van der Waals surface area contributed by atoms with Crippen LogP contribution in [-0.2, 0) is 17.9 Å². The molecule has 0 fully saturated rings. The van der Waals surface area contributed by atoms with Crippen LogP contribution in [0.2, 0.25) is 17.6 Å². The van der Waals surface area contributed by atoms with Gasteiger partial charge in [0.25, 0.3) is 0 Å². The quantitative estimate of drug-likeness (QED) is 0.258. The predicted molar refractivity (Wildman–Crippen MR) is 154 cm³/mol. The Morgan fingerprint density at radius 3 is 1.97 bits per heavy atom. The van der Waals surface area contributed by atoms with Crippen molar-refractivity contribution in [2.24, 2.45) is 7.05 Å². The van der Waals surface area contributed by atoms with Gasteiger partial charge in [0, 0.05) is 6.07 Å². The van der Waals surface area contributed by atoms with E-state index in [-0.39, 0.29) is 10.8 Å². The molecule has 0 aliphatic carbocycles. The summed E-state index contributed by atoms with van der Waals surface area (Å²) in [7, 11) is 0.693. The molecule has 0 saturated carbocycles. The van der Waals surface area contributed by atoms with Gasteiger partial charge < -0.3 is 0 Å². The maximum atomic E-state index is 2.53. The van der Waals surface area contributed by atoms with Gasteiger partial charge in [0.05, 0.1) is 19.0 Å². The van der Waals surface area contributed by atoms with Crippen LogP contribution in [0, 0.1) is 6.92 Å². The lowest BCUT2D eigenvalue weighted by Gasteiger charge is -2.34. The Hall–Kier alpha value is -1.93. The van der Waals surface area contributed by atoms with Gasteiger partial charge in [0.15, 0.2) is 6.20 Å². The Balaban J connectivity index is 2.38. The van der Waals surface area contributed by atoms with E-state index < -0.39 is 8.07 Å². The standard InChI is InChI=1S/C32H48NSi/c1-13-34(14-2,22(3)4)26-15-16-27-24(19-26)17-18-33(12)30(27)28-20-25(31(6,7)8)21-29(23(28)5)32(9,10)11/h15-22H,13-14H2,1-12H3/q+1. The number of benzene rings is 2. The second-order valence-corrected chi connectivity index (χ2v) is 18.3. The first-order valence-electron chi connectivity index (χ1n) is 13.3. The summed E-state index contributed by atoms with van der Waals surface area (Å²) in [6.07, 6.45) is 2.26. The molecule has 0 N–H and O–H groups in total. The molecular formula is C32H48NSi+. The van der Waals surface area contributed by atoms with Crippen molar-refractivity contribution in [3.63, 3.8) is 0 Å². The van der Waals surface area contributed by atoms with E-state index in [2.05, 4.69) is 130 Å². The largest absolute Gasteiger partial charge is 0.220 e. The van der Waals surface area contributed by atoms with Crippen molar-refractivity contribution in [3.8, 4) is 11.3 Å². The highest BCUT2D eigenvalue weighted by Gasteiger charge is 2.35. The van der Waals surface area contributed by atoms with E-state index in [1.54, 1.807) is 5.19 Å². The number of rotatable bonds is 5. The number of fused-ring (bicyclic) bond motifs is 1. The highest BCUT2D eigenvalue weighted by molar-refractivity contribution is 6.92.